The van der Waals surface area contributed by atoms with Crippen LogP contribution in [0.5, 0.6) is 5.75 Å². The fourth-order valence-electron chi connectivity index (χ4n) is 3.38. The van der Waals surface area contributed by atoms with Crippen molar-refractivity contribution in [1.82, 2.24) is 24.6 Å². The van der Waals surface area contributed by atoms with Crippen molar-refractivity contribution in [1.29, 1.82) is 5.26 Å². The molecule has 1 aliphatic heterocycles. The minimum atomic E-state index is -3.41. The Hall–Kier alpha value is -3.35. The van der Waals surface area contributed by atoms with Crippen molar-refractivity contribution in [3.8, 4) is 11.9 Å². The van der Waals surface area contributed by atoms with Crippen molar-refractivity contribution in [2.45, 2.75) is 36.9 Å². The number of carbonyl (C=O) groups is 2. The summed E-state index contributed by atoms with van der Waals surface area (Å²) in [6, 6.07) is 7.46. The Morgan fingerprint density at radius 2 is 2.00 bits per heavy atom. The number of thioether (sulfide) groups is 1. The van der Waals surface area contributed by atoms with E-state index >= 15 is 0 Å². The predicted octanol–water partition coefficient (Wildman–Crippen LogP) is -0.0927. The second-order valence-corrected chi connectivity index (χ2v) is 10.9. The van der Waals surface area contributed by atoms with Crippen molar-refractivity contribution < 1.29 is 22.7 Å². The van der Waals surface area contributed by atoms with Crippen LogP contribution in [0.4, 0.5) is 5.82 Å². The first kappa shape index (κ1) is 27.9. The molecule has 2 heterocycles. The van der Waals surface area contributed by atoms with Gasteiger partial charge >= 0.3 is 0 Å². The largest absolute Gasteiger partial charge is 0.497 e. The number of carbonyl (C=O) groups excluding carboxylic acids is 2. The molecule has 0 radical (unpaired) electrons. The lowest BCUT2D eigenvalue weighted by Crippen LogP contribution is -2.38. The zero-order chi connectivity index (χ0) is 26.2. The fraction of sp³-hybridized carbons (Fsp3) is 0.450. The molecule has 35 heavy (non-hydrogen) atoms. The van der Waals surface area contributed by atoms with Crippen LogP contribution in [-0.4, -0.2) is 70.7 Å². The van der Waals surface area contributed by atoms with Crippen LogP contribution in [0.25, 0.3) is 0 Å². The number of hydrogen-bond donors (Lipinski definition) is 3. The first-order valence-electron chi connectivity index (χ1n) is 10.3. The van der Waals surface area contributed by atoms with Crippen molar-refractivity contribution in [3.63, 3.8) is 0 Å². The lowest BCUT2D eigenvalue weighted by Gasteiger charge is -2.21. The molecule has 3 rings (SSSR count). The molecule has 1 aliphatic rings. The normalized spacial score (nSPS) is 17.7. The Kier molecular flexibility index (Phi) is 9.87. The molecule has 15 heteroatoms. The number of nitrogens with two attached hydrogens (primary N) is 2. The Morgan fingerprint density at radius 1 is 1.34 bits per heavy atom. The monoisotopic (exact) mass is 524 g/mol. The SMILES string of the molecule is CC(=O)NC#N.COc1ccc(CS[C@@H]2C[C@@H](Cn3nnc(C(N)=O)c3N)N(S(C)(=O)=O)C2)cc1. The van der Waals surface area contributed by atoms with Crippen LogP contribution in [0, 0.1) is 11.5 Å². The minimum absolute atomic E-state index is 0.0419. The molecule has 0 aliphatic carbocycles. The van der Waals surface area contributed by atoms with Gasteiger partial charge in [0.1, 0.15) is 5.75 Å². The maximum absolute atomic E-state index is 12.3. The maximum Gasteiger partial charge on any atom is 0.273 e. The summed E-state index contributed by atoms with van der Waals surface area (Å²) >= 11 is 1.70. The van der Waals surface area contributed by atoms with Crippen LogP contribution in [0.1, 0.15) is 29.4 Å². The van der Waals surface area contributed by atoms with Gasteiger partial charge in [-0.15, -0.1) is 5.10 Å². The Labute approximate surface area is 207 Å². The molecule has 2 aromatic rings. The molecule has 0 unspecified atom stereocenters. The van der Waals surface area contributed by atoms with Gasteiger partial charge in [-0.2, -0.15) is 21.3 Å². The van der Waals surface area contributed by atoms with E-state index in [0.29, 0.717) is 13.0 Å². The molecule has 13 nitrogen and oxygen atoms in total. The van der Waals surface area contributed by atoms with Crippen molar-refractivity contribution in [2.24, 2.45) is 5.73 Å². The molecule has 0 spiro atoms. The zero-order valence-corrected chi connectivity index (χ0v) is 21.2. The summed E-state index contributed by atoms with van der Waals surface area (Å²) in [7, 11) is -1.79. The maximum atomic E-state index is 12.3. The van der Waals surface area contributed by atoms with E-state index in [1.54, 1.807) is 18.9 Å². The van der Waals surface area contributed by atoms with E-state index in [1.165, 1.54) is 28.4 Å². The number of aromatic nitrogens is 3. The third-order valence-corrected chi connectivity index (χ3v) is 7.63. The number of nitrogens with zero attached hydrogens (tertiary/aromatic N) is 5. The van der Waals surface area contributed by atoms with Gasteiger partial charge in [0.15, 0.2) is 17.7 Å². The van der Waals surface area contributed by atoms with Gasteiger partial charge in [-0.25, -0.2) is 13.1 Å². The summed E-state index contributed by atoms with van der Waals surface area (Å²) in [6.07, 6.45) is 3.30. The van der Waals surface area contributed by atoms with Crippen LogP contribution < -0.4 is 21.5 Å². The summed E-state index contributed by atoms with van der Waals surface area (Å²) in [4.78, 5) is 21.0. The highest BCUT2D eigenvalue weighted by Gasteiger charge is 2.38. The van der Waals surface area contributed by atoms with Crippen molar-refractivity contribution in [3.05, 3.63) is 35.5 Å². The van der Waals surface area contributed by atoms with Gasteiger partial charge < -0.3 is 16.2 Å². The molecule has 1 fully saturated rings. The molecule has 2 atom stereocenters. The van der Waals surface area contributed by atoms with Gasteiger partial charge in [0.25, 0.3) is 5.91 Å². The first-order chi connectivity index (χ1) is 16.5. The number of ether oxygens (including phenoxy) is 1. The van der Waals surface area contributed by atoms with E-state index in [2.05, 4.69) is 10.3 Å². The van der Waals surface area contributed by atoms with E-state index in [0.717, 1.165) is 17.1 Å². The third-order valence-electron chi connectivity index (χ3n) is 5.02. The van der Waals surface area contributed by atoms with E-state index in [9.17, 15) is 18.0 Å². The zero-order valence-electron chi connectivity index (χ0n) is 19.5. The number of rotatable bonds is 8. The number of nitrogens with one attached hydrogen (secondary N) is 1. The highest BCUT2D eigenvalue weighted by Crippen LogP contribution is 2.32. The van der Waals surface area contributed by atoms with Crippen LogP contribution in [0.15, 0.2) is 24.3 Å². The first-order valence-corrected chi connectivity index (χ1v) is 13.2. The molecule has 1 aromatic heterocycles. The summed E-state index contributed by atoms with van der Waals surface area (Å²) < 4.78 is 32.5. The van der Waals surface area contributed by atoms with Gasteiger partial charge in [0.2, 0.25) is 15.9 Å². The summed E-state index contributed by atoms with van der Waals surface area (Å²) in [6.45, 7) is 1.89. The van der Waals surface area contributed by atoms with Gasteiger partial charge in [-0.3, -0.25) is 14.9 Å². The Bertz CT molecular complexity index is 1180. The highest BCUT2D eigenvalue weighted by molar-refractivity contribution is 7.99. The number of amides is 2. The summed E-state index contributed by atoms with van der Waals surface area (Å²) in [5.74, 6) is 0.505. The molecule has 1 aromatic carbocycles. The number of methoxy groups -OCH3 is 1. The number of benzene rings is 1. The number of sulfonamides is 1. The van der Waals surface area contributed by atoms with Gasteiger partial charge in [-0.05, 0) is 24.1 Å². The average Bonchev–Trinajstić information content (AvgIpc) is 3.37. The van der Waals surface area contributed by atoms with Crippen LogP contribution in [0.3, 0.4) is 0 Å². The molecular formula is C20H28N8O5S2. The smallest absolute Gasteiger partial charge is 0.273 e. The lowest BCUT2D eigenvalue weighted by molar-refractivity contribution is -0.117. The third kappa shape index (κ3) is 8.12. The fourth-order valence-corrected chi connectivity index (χ4v) is 5.87. The minimum Gasteiger partial charge on any atom is -0.497 e. The van der Waals surface area contributed by atoms with Crippen molar-refractivity contribution in [2.75, 3.05) is 25.6 Å². The summed E-state index contributed by atoms with van der Waals surface area (Å²) in [5.41, 5.74) is 12.1. The molecular weight excluding hydrogens is 496 g/mol. The van der Waals surface area contributed by atoms with Gasteiger partial charge in [0.05, 0.1) is 19.9 Å². The number of hydrogen-bond acceptors (Lipinski definition) is 10. The summed E-state index contributed by atoms with van der Waals surface area (Å²) in [5, 5.41) is 17.2. The number of nitrogen functional groups attached to an aromatic ring is 1. The number of anilines is 1. The molecule has 2 amide bonds. The van der Waals surface area contributed by atoms with E-state index in [4.69, 9.17) is 21.5 Å². The molecule has 5 N–H and O–H groups in total. The van der Waals surface area contributed by atoms with Gasteiger partial charge in [-0.1, -0.05) is 17.3 Å². The standard InChI is InChI=1S/C17H24N6O4S2.C3H4N2O/c1-27-13-5-3-11(4-6-13)10-28-14-7-12(23(9-14)29(2,25)26)8-22-16(18)15(17(19)24)20-21-22;1-3(6)5-2-4/h3-6,12,14H,7-10,18H2,1-2H3,(H2,19,24);1H3,(H,5,6)/t12-,14+;/m0./s1. The van der Waals surface area contributed by atoms with E-state index < -0.39 is 15.9 Å². The van der Waals surface area contributed by atoms with Crippen LogP contribution in [0.2, 0.25) is 0 Å². The Morgan fingerprint density at radius 3 is 2.46 bits per heavy atom. The lowest BCUT2D eigenvalue weighted by atomic mass is 10.2. The Balaban J connectivity index is 0.000000641. The number of primary amides is 1. The van der Waals surface area contributed by atoms with Crippen LogP contribution in [-0.2, 0) is 27.1 Å². The van der Waals surface area contributed by atoms with E-state index in [1.807, 2.05) is 29.6 Å². The highest BCUT2D eigenvalue weighted by atomic mass is 32.2. The molecule has 0 saturated carbocycles. The topological polar surface area (TPSA) is 199 Å². The quantitative estimate of drug-likeness (QED) is 0.309. The molecule has 0 bridgehead atoms. The van der Waals surface area contributed by atoms with Crippen LogP contribution >= 0.6 is 11.8 Å². The second-order valence-electron chi connectivity index (χ2n) is 7.67. The molecule has 190 valence electrons. The predicted molar refractivity (Wildman–Crippen MR) is 130 cm³/mol. The number of nitriles is 1. The second kappa shape index (κ2) is 12.4. The van der Waals surface area contributed by atoms with E-state index in [-0.39, 0.29) is 35.3 Å². The molecule has 1 saturated heterocycles. The van der Waals surface area contributed by atoms with Gasteiger partial charge in [0, 0.05) is 30.5 Å². The van der Waals surface area contributed by atoms with Crippen molar-refractivity contribution >= 4 is 39.4 Å². The average molecular weight is 525 g/mol.